The van der Waals surface area contributed by atoms with Crippen LogP contribution in [0.3, 0.4) is 0 Å². The fourth-order valence-corrected chi connectivity index (χ4v) is 3.30. The lowest BCUT2D eigenvalue weighted by atomic mass is 10.1. The van der Waals surface area contributed by atoms with Crippen LogP contribution in [0.4, 0.5) is 8.78 Å². The maximum absolute atomic E-state index is 13.5. The van der Waals surface area contributed by atoms with E-state index in [0.29, 0.717) is 12.5 Å². The second-order valence-electron chi connectivity index (χ2n) is 4.95. The van der Waals surface area contributed by atoms with Gasteiger partial charge >= 0.3 is 0 Å². The Kier molecular flexibility index (Phi) is 6.55. The van der Waals surface area contributed by atoms with Crippen molar-refractivity contribution < 1.29 is 17.2 Å². The molecule has 0 bridgehead atoms. The van der Waals surface area contributed by atoms with Gasteiger partial charge in [-0.1, -0.05) is 32.6 Å². The number of hydrogen-bond donors (Lipinski definition) is 1. The molecule has 1 aromatic carbocycles. The fraction of sp³-hybridized carbons (Fsp3) is 0.571. The molecule has 0 saturated carbocycles. The Labute approximate surface area is 119 Å². The Bertz CT molecular complexity index is 532. The highest BCUT2D eigenvalue weighted by Crippen LogP contribution is 2.16. The monoisotopic (exact) mass is 305 g/mol. The van der Waals surface area contributed by atoms with Crippen molar-refractivity contribution in [3.8, 4) is 0 Å². The zero-order chi connectivity index (χ0) is 15.2. The van der Waals surface area contributed by atoms with Crippen molar-refractivity contribution in [2.24, 2.45) is 0 Å². The van der Waals surface area contributed by atoms with Gasteiger partial charge < -0.3 is 0 Å². The average molecular weight is 305 g/mol. The molecule has 0 aliphatic carbocycles. The maximum atomic E-state index is 13.5. The number of hydrogen-bond acceptors (Lipinski definition) is 2. The van der Waals surface area contributed by atoms with Crippen molar-refractivity contribution in [1.82, 2.24) is 4.72 Å². The topological polar surface area (TPSA) is 46.2 Å². The van der Waals surface area contributed by atoms with Crippen LogP contribution < -0.4 is 4.72 Å². The van der Waals surface area contributed by atoms with Gasteiger partial charge in [-0.25, -0.2) is 21.9 Å². The summed E-state index contributed by atoms with van der Waals surface area (Å²) in [5, 5.41) is 0. The lowest BCUT2D eigenvalue weighted by molar-refractivity contribution is 0.512. The molecule has 0 amide bonds. The zero-order valence-corrected chi connectivity index (χ0v) is 12.6. The van der Waals surface area contributed by atoms with Gasteiger partial charge in [-0.3, -0.25) is 0 Å². The normalized spacial score (nSPS) is 13.4. The first-order chi connectivity index (χ1) is 9.36. The molecule has 0 heterocycles. The molecule has 1 aromatic rings. The number of benzene rings is 1. The number of halogens is 2. The average Bonchev–Trinajstić information content (AvgIpc) is 2.33. The largest absolute Gasteiger partial charge is 0.243 e. The summed E-state index contributed by atoms with van der Waals surface area (Å²) in [4.78, 5) is -0.515. The van der Waals surface area contributed by atoms with Crippen LogP contribution in [0.1, 0.15) is 46.0 Å². The van der Waals surface area contributed by atoms with E-state index in [1.807, 2.05) is 0 Å². The maximum Gasteiger partial charge on any atom is 0.243 e. The van der Waals surface area contributed by atoms with Crippen LogP contribution in [0.5, 0.6) is 0 Å². The quantitative estimate of drug-likeness (QED) is 0.746. The molecular formula is C14H21F2NO2S. The van der Waals surface area contributed by atoms with E-state index in [0.717, 1.165) is 37.8 Å². The first-order valence-corrected chi connectivity index (χ1v) is 8.32. The summed E-state index contributed by atoms with van der Waals surface area (Å²) in [5.74, 6) is -1.87. The Morgan fingerprint density at radius 3 is 2.50 bits per heavy atom. The summed E-state index contributed by atoms with van der Waals surface area (Å²) in [6.45, 7) is 3.84. The van der Waals surface area contributed by atoms with Crippen molar-refractivity contribution >= 4 is 10.0 Å². The lowest BCUT2D eigenvalue weighted by Gasteiger charge is -2.14. The van der Waals surface area contributed by atoms with Gasteiger partial charge in [0.25, 0.3) is 0 Å². The second kappa shape index (κ2) is 7.69. The summed E-state index contributed by atoms with van der Waals surface area (Å²) < 4.78 is 52.7. The van der Waals surface area contributed by atoms with Crippen LogP contribution in [-0.4, -0.2) is 14.5 Å². The van der Waals surface area contributed by atoms with E-state index in [9.17, 15) is 17.2 Å². The van der Waals surface area contributed by atoms with Crippen LogP contribution >= 0.6 is 0 Å². The zero-order valence-electron chi connectivity index (χ0n) is 11.8. The Morgan fingerprint density at radius 1 is 1.20 bits per heavy atom. The van der Waals surface area contributed by atoms with Gasteiger partial charge in [0.2, 0.25) is 10.0 Å². The molecule has 1 N–H and O–H groups in total. The Balaban J connectivity index is 2.65. The molecule has 0 aliphatic heterocycles. The van der Waals surface area contributed by atoms with E-state index in [1.54, 1.807) is 6.92 Å². The van der Waals surface area contributed by atoms with Gasteiger partial charge in [0, 0.05) is 12.1 Å². The van der Waals surface area contributed by atoms with Crippen LogP contribution in [0, 0.1) is 11.6 Å². The molecule has 20 heavy (non-hydrogen) atoms. The van der Waals surface area contributed by atoms with E-state index < -0.39 is 26.6 Å². The third kappa shape index (κ3) is 5.17. The minimum atomic E-state index is -3.94. The lowest BCUT2D eigenvalue weighted by Crippen LogP contribution is -2.33. The van der Waals surface area contributed by atoms with Crippen molar-refractivity contribution in [3.05, 3.63) is 29.8 Å². The highest BCUT2D eigenvalue weighted by Gasteiger charge is 2.21. The van der Waals surface area contributed by atoms with E-state index >= 15 is 0 Å². The van der Waals surface area contributed by atoms with Crippen LogP contribution in [0.2, 0.25) is 0 Å². The summed E-state index contributed by atoms with van der Waals surface area (Å²) in [7, 11) is -3.94. The molecule has 3 nitrogen and oxygen atoms in total. The summed E-state index contributed by atoms with van der Waals surface area (Å²) in [6.07, 6.45) is 4.89. The molecule has 1 unspecified atom stereocenters. The predicted molar refractivity (Wildman–Crippen MR) is 74.9 cm³/mol. The molecule has 1 rings (SSSR count). The van der Waals surface area contributed by atoms with Crippen molar-refractivity contribution in [3.63, 3.8) is 0 Å². The van der Waals surface area contributed by atoms with Gasteiger partial charge in [-0.2, -0.15) is 0 Å². The number of unbranched alkanes of at least 4 members (excludes halogenated alkanes) is 3. The van der Waals surface area contributed by atoms with Gasteiger partial charge in [0.15, 0.2) is 0 Å². The third-order valence-electron chi connectivity index (χ3n) is 3.03. The minimum Gasteiger partial charge on any atom is -0.208 e. The molecule has 0 saturated heterocycles. The van der Waals surface area contributed by atoms with Crippen molar-refractivity contribution in [1.29, 1.82) is 0 Å². The van der Waals surface area contributed by atoms with Gasteiger partial charge in [0.1, 0.15) is 16.5 Å². The summed E-state index contributed by atoms with van der Waals surface area (Å²) >= 11 is 0. The van der Waals surface area contributed by atoms with E-state index in [2.05, 4.69) is 11.6 Å². The molecule has 0 fully saturated rings. The van der Waals surface area contributed by atoms with Gasteiger partial charge in [-0.15, -0.1) is 0 Å². The molecular weight excluding hydrogens is 284 g/mol. The number of rotatable bonds is 8. The highest BCUT2D eigenvalue weighted by atomic mass is 32.2. The fourth-order valence-electron chi connectivity index (χ4n) is 1.96. The Hall–Kier alpha value is -1.01. The SMILES string of the molecule is CCCCCCC(C)NS(=O)(=O)c1ccc(F)cc1F. The molecule has 1 atom stereocenters. The Morgan fingerprint density at radius 2 is 1.90 bits per heavy atom. The standard InChI is InChI=1S/C14H21F2NO2S/c1-3-4-5-6-7-11(2)17-20(18,19)14-9-8-12(15)10-13(14)16/h8-11,17H,3-7H2,1-2H3. The van der Waals surface area contributed by atoms with E-state index in [-0.39, 0.29) is 6.04 Å². The molecule has 0 aromatic heterocycles. The van der Waals surface area contributed by atoms with Crippen molar-refractivity contribution in [2.45, 2.75) is 56.9 Å². The molecule has 0 radical (unpaired) electrons. The predicted octanol–water partition coefficient (Wildman–Crippen LogP) is 3.60. The van der Waals surface area contributed by atoms with Gasteiger partial charge in [0.05, 0.1) is 0 Å². The first kappa shape index (κ1) is 17.0. The van der Waals surface area contributed by atoms with Gasteiger partial charge in [-0.05, 0) is 25.5 Å². The van der Waals surface area contributed by atoms with E-state index in [4.69, 9.17) is 0 Å². The van der Waals surface area contributed by atoms with Crippen LogP contribution in [0.25, 0.3) is 0 Å². The second-order valence-corrected chi connectivity index (χ2v) is 6.63. The molecule has 0 spiro atoms. The smallest absolute Gasteiger partial charge is 0.208 e. The molecule has 0 aliphatic rings. The first-order valence-electron chi connectivity index (χ1n) is 6.84. The minimum absolute atomic E-state index is 0.277. The van der Waals surface area contributed by atoms with Crippen molar-refractivity contribution in [2.75, 3.05) is 0 Å². The molecule has 6 heteroatoms. The third-order valence-corrected chi connectivity index (χ3v) is 4.65. The van der Waals surface area contributed by atoms with Crippen LogP contribution in [0.15, 0.2) is 23.1 Å². The van der Waals surface area contributed by atoms with E-state index in [1.165, 1.54) is 0 Å². The summed E-state index contributed by atoms with van der Waals surface area (Å²) in [5.41, 5.74) is 0. The number of sulfonamides is 1. The number of nitrogens with one attached hydrogen (secondary N) is 1. The van der Waals surface area contributed by atoms with Crippen LogP contribution in [-0.2, 0) is 10.0 Å². The summed E-state index contributed by atoms with van der Waals surface area (Å²) in [6, 6.07) is 2.17. The highest BCUT2D eigenvalue weighted by molar-refractivity contribution is 7.89. The molecule has 114 valence electrons.